The van der Waals surface area contributed by atoms with E-state index >= 15 is 0 Å². The van der Waals surface area contributed by atoms with Gasteiger partial charge in [-0.2, -0.15) is 0 Å². The van der Waals surface area contributed by atoms with Gasteiger partial charge in [0.25, 0.3) is 0 Å². The fourth-order valence-corrected chi connectivity index (χ4v) is 1.89. The molecule has 1 rings (SSSR count). The molecule has 0 aliphatic heterocycles. The molecule has 0 unspecified atom stereocenters. The predicted molar refractivity (Wildman–Crippen MR) is 63.5 cm³/mol. The zero-order valence-corrected chi connectivity index (χ0v) is 9.63. The number of carbonyl (C=O) groups excluding carboxylic acids is 1. The third-order valence-corrected chi connectivity index (χ3v) is 2.66. The lowest BCUT2D eigenvalue weighted by atomic mass is 10.4. The normalized spacial score (nSPS) is 9.67. The standard InChI is InChI=1S/C11H15NO2S/c1-3-7-12(10-6-5-9-15-10)11(13)14-8-4-2/h4-6,9H,2-3,7-8H2,1H3. The molecule has 1 aromatic heterocycles. The van der Waals surface area contributed by atoms with Crippen LogP contribution in [0.25, 0.3) is 0 Å². The Morgan fingerprint density at radius 1 is 1.73 bits per heavy atom. The van der Waals surface area contributed by atoms with E-state index in [9.17, 15) is 4.79 Å². The van der Waals surface area contributed by atoms with E-state index in [0.29, 0.717) is 6.54 Å². The van der Waals surface area contributed by atoms with E-state index in [1.165, 1.54) is 11.3 Å². The van der Waals surface area contributed by atoms with E-state index in [1.54, 1.807) is 11.0 Å². The van der Waals surface area contributed by atoms with Crippen molar-refractivity contribution < 1.29 is 9.53 Å². The zero-order valence-electron chi connectivity index (χ0n) is 8.81. The summed E-state index contributed by atoms with van der Waals surface area (Å²) >= 11 is 1.53. The molecule has 1 aromatic rings. The number of amides is 1. The largest absolute Gasteiger partial charge is 0.445 e. The van der Waals surface area contributed by atoms with Crippen molar-refractivity contribution in [3.63, 3.8) is 0 Å². The first-order chi connectivity index (χ1) is 7.29. The second-order valence-electron chi connectivity index (χ2n) is 2.97. The Morgan fingerprint density at radius 2 is 2.53 bits per heavy atom. The minimum absolute atomic E-state index is 0.254. The molecule has 15 heavy (non-hydrogen) atoms. The summed E-state index contributed by atoms with van der Waals surface area (Å²) in [7, 11) is 0. The van der Waals surface area contributed by atoms with Gasteiger partial charge in [0.15, 0.2) is 0 Å². The summed E-state index contributed by atoms with van der Waals surface area (Å²) in [6.45, 7) is 6.47. The summed E-state index contributed by atoms with van der Waals surface area (Å²) < 4.78 is 5.01. The average Bonchev–Trinajstić information content (AvgIpc) is 2.75. The highest BCUT2D eigenvalue weighted by Crippen LogP contribution is 2.22. The molecule has 0 spiro atoms. The molecule has 0 aromatic carbocycles. The number of carbonyl (C=O) groups is 1. The minimum atomic E-state index is -0.306. The maximum Gasteiger partial charge on any atom is 0.415 e. The summed E-state index contributed by atoms with van der Waals surface area (Å²) in [4.78, 5) is 13.3. The van der Waals surface area contributed by atoms with E-state index < -0.39 is 0 Å². The van der Waals surface area contributed by atoms with Gasteiger partial charge < -0.3 is 4.74 Å². The van der Waals surface area contributed by atoms with Gasteiger partial charge in [-0.05, 0) is 23.9 Å². The number of nitrogens with zero attached hydrogens (tertiary/aromatic N) is 1. The quantitative estimate of drug-likeness (QED) is 0.720. The summed E-state index contributed by atoms with van der Waals surface area (Å²) in [6, 6.07) is 3.83. The zero-order chi connectivity index (χ0) is 11.1. The summed E-state index contributed by atoms with van der Waals surface area (Å²) in [5, 5.41) is 2.87. The molecule has 0 bridgehead atoms. The van der Waals surface area contributed by atoms with Gasteiger partial charge in [0.05, 0.1) is 0 Å². The van der Waals surface area contributed by atoms with Crippen molar-refractivity contribution in [1.82, 2.24) is 0 Å². The van der Waals surface area contributed by atoms with Crippen LogP contribution in [0, 0.1) is 0 Å². The first-order valence-electron chi connectivity index (χ1n) is 4.88. The van der Waals surface area contributed by atoms with Crippen molar-refractivity contribution in [3.8, 4) is 0 Å². The predicted octanol–water partition coefficient (Wildman–Crippen LogP) is 3.29. The Bertz CT molecular complexity index is 308. The third-order valence-electron chi connectivity index (χ3n) is 1.76. The van der Waals surface area contributed by atoms with Crippen molar-refractivity contribution in [2.45, 2.75) is 13.3 Å². The van der Waals surface area contributed by atoms with Gasteiger partial charge in [-0.25, -0.2) is 4.79 Å². The molecule has 0 saturated heterocycles. The summed E-state index contributed by atoms with van der Waals surface area (Å²) in [6.07, 6.45) is 2.16. The first-order valence-corrected chi connectivity index (χ1v) is 5.76. The van der Waals surface area contributed by atoms with Crippen LogP contribution in [-0.4, -0.2) is 19.2 Å². The van der Waals surface area contributed by atoms with Crippen LogP contribution in [0.4, 0.5) is 9.80 Å². The molecular formula is C11H15NO2S. The van der Waals surface area contributed by atoms with Gasteiger partial charge in [-0.15, -0.1) is 11.3 Å². The molecule has 0 radical (unpaired) electrons. The lowest BCUT2D eigenvalue weighted by Gasteiger charge is -2.19. The van der Waals surface area contributed by atoms with Crippen molar-refractivity contribution in [1.29, 1.82) is 0 Å². The molecule has 0 saturated carbocycles. The Kier molecular flexibility index (Phi) is 4.90. The minimum Gasteiger partial charge on any atom is -0.445 e. The lowest BCUT2D eigenvalue weighted by Crippen LogP contribution is -2.31. The van der Waals surface area contributed by atoms with E-state index in [2.05, 4.69) is 6.58 Å². The molecule has 3 nitrogen and oxygen atoms in total. The number of thiophene rings is 1. The first kappa shape index (κ1) is 11.8. The van der Waals surface area contributed by atoms with Gasteiger partial charge in [-0.1, -0.05) is 19.6 Å². The van der Waals surface area contributed by atoms with Crippen molar-refractivity contribution in [2.75, 3.05) is 18.1 Å². The Balaban J connectivity index is 2.65. The molecule has 0 fully saturated rings. The highest BCUT2D eigenvalue weighted by atomic mass is 32.1. The molecule has 0 atom stereocenters. The van der Waals surface area contributed by atoms with E-state index in [-0.39, 0.29) is 12.7 Å². The van der Waals surface area contributed by atoms with Gasteiger partial charge in [-0.3, -0.25) is 4.90 Å². The monoisotopic (exact) mass is 225 g/mol. The highest BCUT2D eigenvalue weighted by Gasteiger charge is 2.16. The highest BCUT2D eigenvalue weighted by molar-refractivity contribution is 7.14. The smallest absolute Gasteiger partial charge is 0.415 e. The van der Waals surface area contributed by atoms with Crippen LogP contribution in [-0.2, 0) is 4.74 Å². The Labute approximate surface area is 94.0 Å². The molecule has 0 aliphatic rings. The van der Waals surface area contributed by atoms with Crippen LogP contribution in [0.5, 0.6) is 0 Å². The molecule has 1 heterocycles. The number of rotatable bonds is 5. The second-order valence-corrected chi connectivity index (χ2v) is 3.89. The van der Waals surface area contributed by atoms with Crippen molar-refractivity contribution in [2.24, 2.45) is 0 Å². The second kappa shape index (κ2) is 6.24. The Hall–Kier alpha value is -1.29. The maximum atomic E-state index is 11.7. The van der Waals surface area contributed by atoms with E-state index in [4.69, 9.17) is 4.74 Å². The maximum absolute atomic E-state index is 11.7. The third kappa shape index (κ3) is 3.40. The molecule has 1 amide bonds. The van der Waals surface area contributed by atoms with Crippen LogP contribution < -0.4 is 4.90 Å². The SMILES string of the molecule is C=CCOC(=O)N(CCC)c1cccs1. The fourth-order valence-electron chi connectivity index (χ4n) is 1.15. The topological polar surface area (TPSA) is 29.5 Å². The Morgan fingerprint density at radius 3 is 3.07 bits per heavy atom. The number of hydrogen-bond donors (Lipinski definition) is 0. The van der Waals surface area contributed by atoms with Gasteiger partial charge in [0, 0.05) is 6.54 Å². The van der Waals surface area contributed by atoms with Crippen molar-refractivity contribution in [3.05, 3.63) is 30.2 Å². The van der Waals surface area contributed by atoms with Gasteiger partial charge in [0.2, 0.25) is 0 Å². The summed E-state index contributed by atoms with van der Waals surface area (Å²) in [5.41, 5.74) is 0. The number of anilines is 1. The molecule has 0 N–H and O–H groups in total. The van der Waals surface area contributed by atoms with E-state index in [0.717, 1.165) is 11.4 Å². The van der Waals surface area contributed by atoms with Crippen LogP contribution in [0.15, 0.2) is 30.2 Å². The van der Waals surface area contributed by atoms with Crippen LogP contribution in [0.2, 0.25) is 0 Å². The molecular weight excluding hydrogens is 210 g/mol. The number of ether oxygens (including phenoxy) is 1. The summed E-state index contributed by atoms with van der Waals surface area (Å²) in [5.74, 6) is 0. The molecule has 82 valence electrons. The van der Waals surface area contributed by atoms with Gasteiger partial charge >= 0.3 is 6.09 Å². The molecule has 4 heteroatoms. The van der Waals surface area contributed by atoms with Gasteiger partial charge in [0.1, 0.15) is 11.6 Å². The molecule has 0 aliphatic carbocycles. The van der Waals surface area contributed by atoms with Crippen LogP contribution in [0.1, 0.15) is 13.3 Å². The van der Waals surface area contributed by atoms with Crippen LogP contribution in [0.3, 0.4) is 0 Å². The average molecular weight is 225 g/mol. The lowest BCUT2D eigenvalue weighted by molar-refractivity contribution is 0.166. The van der Waals surface area contributed by atoms with Crippen molar-refractivity contribution >= 4 is 22.4 Å². The number of hydrogen-bond acceptors (Lipinski definition) is 3. The van der Waals surface area contributed by atoms with E-state index in [1.807, 2.05) is 24.4 Å². The van der Waals surface area contributed by atoms with Crippen LogP contribution >= 0.6 is 11.3 Å². The fraction of sp³-hybridized carbons (Fsp3) is 0.364.